The fourth-order valence-electron chi connectivity index (χ4n) is 0.974. The molecule has 0 aliphatic carbocycles. The fraction of sp³-hybridized carbons (Fsp3) is 0.182. The van der Waals surface area contributed by atoms with Crippen LogP contribution in [0, 0.1) is 5.82 Å². The van der Waals surface area contributed by atoms with Crippen molar-refractivity contribution in [2.24, 2.45) is 0 Å². The standard InChI is InChI=1S/C11H11ClFNO/c1-14(2)11(15)7-6-8-9(12)4-3-5-10(8)13/h3-7H,1-2H3. The highest BCUT2D eigenvalue weighted by molar-refractivity contribution is 6.32. The summed E-state index contributed by atoms with van der Waals surface area (Å²) in [6, 6.07) is 4.39. The maximum atomic E-state index is 13.2. The summed E-state index contributed by atoms with van der Waals surface area (Å²) >= 11 is 5.78. The highest BCUT2D eigenvalue weighted by Gasteiger charge is 2.04. The third-order valence-electron chi connectivity index (χ3n) is 1.83. The number of hydrogen-bond donors (Lipinski definition) is 0. The van der Waals surface area contributed by atoms with Gasteiger partial charge in [-0.05, 0) is 18.2 Å². The number of carbonyl (C=O) groups excluding carboxylic acids is 1. The van der Waals surface area contributed by atoms with Crippen molar-refractivity contribution in [1.29, 1.82) is 0 Å². The van der Waals surface area contributed by atoms with E-state index in [9.17, 15) is 9.18 Å². The molecule has 1 aromatic rings. The van der Waals surface area contributed by atoms with Gasteiger partial charge in [0, 0.05) is 25.7 Å². The molecule has 80 valence electrons. The molecule has 0 aliphatic heterocycles. The van der Waals surface area contributed by atoms with Gasteiger partial charge in [0.15, 0.2) is 0 Å². The second-order valence-corrected chi connectivity index (χ2v) is 3.61. The fourth-order valence-corrected chi connectivity index (χ4v) is 1.20. The van der Waals surface area contributed by atoms with Crippen molar-refractivity contribution in [2.75, 3.05) is 14.1 Å². The number of benzene rings is 1. The Hall–Kier alpha value is -1.35. The predicted octanol–water partition coefficient (Wildman–Crippen LogP) is 2.58. The lowest BCUT2D eigenvalue weighted by Crippen LogP contribution is -2.18. The highest BCUT2D eigenvalue weighted by Crippen LogP contribution is 2.20. The van der Waals surface area contributed by atoms with Crippen LogP contribution in [0.2, 0.25) is 5.02 Å². The van der Waals surface area contributed by atoms with Crippen LogP contribution in [0.15, 0.2) is 24.3 Å². The summed E-state index contributed by atoms with van der Waals surface area (Å²) in [6.45, 7) is 0. The lowest BCUT2D eigenvalue weighted by Gasteiger charge is -2.05. The van der Waals surface area contributed by atoms with Gasteiger partial charge in [-0.25, -0.2) is 4.39 Å². The Labute approximate surface area is 93.0 Å². The average molecular weight is 228 g/mol. The molecule has 1 rings (SSSR count). The summed E-state index contributed by atoms with van der Waals surface area (Å²) in [5.41, 5.74) is 0.231. The Morgan fingerprint density at radius 1 is 1.47 bits per heavy atom. The molecule has 0 unspecified atom stereocenters. The van der Waals surface area contributed by atoms with E-state index >= 15 is 0 Å². The van der Waals surface area contributed by atoms with Gasteiger partial charge in [-0.3, -0.25) is 4.79 Å². The highest BCUT2D eigenvalue weighted by atomic mass is 35.5. The Kier molecular flexibility index (Phi) is 3.86. The first kappa shape index (κ1) is 11.7. The number of rotatable bonds is 2. The molecular weight excluding hydrogens is 217 g/mol. The van der Waals surface area contributed by atoms with Crippen molar-refractivity contribution in [3.63, 3.8) is 0 Å². The maximum Gasteiger partial charge on any atom is 0.246 e. The van der Waals surface area contributed by atoms with Gasteiger partial charge in [0.05, 0.1) is 5.02 Å². The van der Waals surface area contributed by atoms with Crippen molar-refractivity contribution in [3.8, 4) is 0 Å². The molecule has 0 atom stereocenters. The molecule has 15 heavy (non-hydrogen) atoms. The van der Waals surface area contributed by atoms with Gasteiger partial charge in [-0.15, -0.1) is 0 Å². The Bertz CT molecular complexity index is 381. The van der Waals surface area contributed by atoms with E-state index in [2.05, 4.69) is 0 Å². The number of carbonyl (C=O) groups is 1. The Morgan fingerprint density at radius 2 is 2.13 bits per heavy atom. The van der Waals surface area contributed by atoms with Crippen molar-refractivity contribution < 1.29 is 9.18 Å². The quantitative estimate of drug-likeness (QED) is 0.712. The van der Waals surface area contributed by atoms with E-state index < -0.39 is 5.82 Å². The summed E-state index contributed by atoms with van der Waals surface area (Å²) in [7, 11) is 3.24. The van der Waals surface area contributed by atoms with E-state index in [0.29, 0.717) is 0 Å². The maximum absolute atomic E-state index is 13.2. The minimum atomic E-state index is -0.440. The summed E-state index contributed by atoms with van der Waals surface area (Å²) < 4.78 is 13.2. The van der Waals surface area contributed by atoms with Crippen LogP contribution in [0.4, 0.5) is 4.39 Å². The van der Waals surface area contributed by atoms with Gasteiger partial charge in [0.2, 0.25) is 5.91 Å². The van der Waals surface area contributed by atoms with E-state index in [0.717, 1.165) is 0 Å². The second kappa shape index (κ2) is 4.94. The molecule has 4 heteroatoms. The molecule has 0 aliphatic rings. The molecule has 1 amide bonds. The molecule has 0 bridgehead atoms. The summed E-state index contributed by atoms with van der Waals surface area (Å²) in [6.07, 6.45) is 2.66. The minimum absolute atomic E-state index is 0.214. The van der Waals surface area contributed by atoms with Gasteiger partial charge >= 0.3 is 0 Å². The molecule has 0 radical (unpaired) electrons. The predicted molar refractivity (Wildman–Crippen MR) is 59.1 cm³/mol. The zero-order valence-corrected chi connectivity index (χ0v) is 9.25. The third-order valence-corrected chi connectivity index (χ3v) is 2.16. The van der Waals surface area contributed by atoms with Crippen LogP contribution in [0.25, 0.3) is 6.08 Å². The zero-order valence-electron chi connectivity index (χ0n) is 8.50. The van der Waals surface area contributed by atoms with Crippen molar-refractivity contribution in [2.45, 2.75) is 0 Å². The molecule has 0 N–H and O–H groups in total. The Morgan fingerprint density at radius 3 is 2.67 bits per heavy atom. The number of halogens is 2. The van der Waals surface area contributed by atoms with Gasteiger partial charge < -0.3 is 4.90 Å². The van der Waals surface area contributed by atoms with E-state index in [1.165, 1.54) is 29.2 Å². The SMILES string of the molecule is CN(C)C(=O)C=Cc1c(F)cccc1Cl. The summed E-state index contributed by atoms with van der Waals surface area (Å²) in [5.74, 6) is -0.653. The van der Waals surface area contributed by atoms with Gasteiger partial charge in [-0.1, -0.05) is 17.7 Å². The first-order valence-electron chi connectivity index (χ1n) is 4.35. The number of amides is 1. The van der Waals surface area contributed by atoms with Crippen LogP contribution in [0.1, 0.15) is 5.56 Å². The monoisotopic (exact) mass is 227 g/mol. The molecule has 1 aromatic carbocycles. The topological polar surface area (TPSA) is 20.3 Å². The normalized spacial score (nSPS) is 10.7. The average Bonchev–Trinajstić information content (AvgIpc) is 2.16. The smallest absolute Gasteiger partial charge is 0.246 e. The lowest BCUT2D eigenvalue weighted by atomic mass is 10.2. The van der Waals surface area contributed by atoms with Crippen LogP contribution in [0.3, 0.4) is 0 Å². The largest absolute Gasteiger partial charge is 0.345 e. The summed E-state index contributed by atoms with van der Waals surface area (Å²) in [5, 5.41) is 0.290. The van der Waals surface area contributed by atoms with E-state index in [1.807, 2.05) is 0 Å². The van der Waals surface area contributed by atoms with Crippen LogP contribution < -0.4 is 0 Å². The number of hydrogen-bond acceptors (Lipinski definition) is 1. The molecule has 0 heterocycles. The van der Waals surface area contributed by atoms with Crippen molar-refractivity contribution >= 4 is 23.6 Å². The Balaban J connectivity index is 2.94. The molecule has 0 saturated heterocycles. The first-order valence-corrected chi connectivity index (χ1v) is 4.73. The van der Waals surface area contributed by atoms with Crippen LogP contribution in [0.5, 0.6) is 0 Å². The van der Waals surface area contributed by atoms with Gasteiger partial charge in [0.1, 0.15) is 5.82 Å². The van der Waals surface area contributed by atoms with Crippen LogP contribution >= 0.6 is 11.6 Å². The first-order chi connectivity index (χ1) is 7.02. The molecule has 0 spiro atoms. The molecule has 0 aromatic heterocycles. The van der Waals surface area contributed by atoms with Gasteiger partial charge in [0.25, 0.3) is 0 Å². The number of likely N-dealkylation sites (N-methyl/N-ethyl adjacent to an activating group) is 1. The van der Waals surface area contributed by atoms with Crippen molar-refractivity contribution in [3.05, 3.63) is 40.7 Å². The van der Waals surface area contributed by atoms with E-state index in [1.54, 1.807) is 20.2 Å². The zero-order chi connectivity index (χ0) is 11.4. The van der Waals surface area contributed by atoms with Gasteiger partial charge in [-0.2, -0.15) is 0 Å². The lowest BCUT2D eigenvalue weighted by molar-refractivity contribution is -0.123. The second-order valence-electron chi connectivity index (χ2n) is 3.20. The molecule has 2 nitrogen and oxygen atoms in total. The third kappa shape index (κ3) is 3.06. The minimum Gasteiger partial charge on any atom is -0.345 e. The molecular formula is C11H11ClFNO. The van der Waals surface area contributed by atoms with Crippen LogP contribution in [-0.2, 0) is 4.79 Å². The molecule has 0 fully saturated rings. The van der Waals surface area contributed by atoms with Crippen LogP contribution in [-0.4, -0.2) is 24.9 Å². The van der Waals surface area contributed by atoms with E-state index in [4.69, 9.17) is 11.6 Å². The van der Waals surface area contributed by atoms with E-state index in [-0.39, 0.29) is 16.5 Å². The molecule has 0 saturated carbocycles. The van der Waals surface area contributed by atoms with Crippen molar-refractivity contribution in [1.82, 2.24) is 4.90 Å². The number of nitrogens with zero attached hydrogens (tertiary/aromatic N) is 1. The summed E-state index contributed by atoms with van der Waals surface area (Å²) in [4.78, 5) is 12.6.